The van der Waals surface area contributed by atoms with Crippen molar-refractivity contribution in [2.24, 2.45) is 9.98 Å². The fourth-order valence-corrected chi connectivity index (χ4v) is 4.96. The van der Waals surface area contributed by atoms with Crippen LogP contribution < -0.4 is 0 Å². The third-order valence-corrected chi connectivity index (χ3v) is 7.47. The third-order valence-electron chi connectivity index (χ3n) is 7.47. The molecule has 0 heterocycles. The van der Waals surface area contributed by atoms with Crippen LogP contribution in [-0.4, -0.2) is 11.4 Å². The standard InChI is InChI=1S/C36H56N2.Pd/c1-5-9-12-14-16-18-20-31-23-27-33(28-24-31)37-35(8-4)36(22-11-7-3)38-34-29-25-32(26-30-34)21-19-17-15-13-10-6-2;/h23-30H,5-22H2,1-4H3;. The van der Waals surface area contributed by atoms with Crippen molar-refractivity contribution in [2.75, 3.05) is 0 Å². The SMILES string of the molecule is CCCCCCCCc1ccc(N=C(CC)C(CCCC)=Nc2ccc(CCCCCCCC)cc2)cc1.[Pd]. The van der Waals surface area contributed by atoms with Crippen molar-refractivity contribution in [3.05, 3.63) is 59.7 Å². The van der Waals surface area contributed by atoms with E-state index in [2.05, 4.69) is 76.2 Å². The number of hydrogen-bond acceptors (Lipinski definition) is 2. The minimum absolute atomic E-state index is 0. The number of benzene rings is 2. The van der Waals surface area contributed by atoms with Crippen LogP contribution >= 0.6 is 0 Å². The maximum Gasteiger partial charge on any atom is 0.0633 e. The number of hydrogen-bond donors (Lipinski definition) is 0. The summed E-state index contributed by atoms with van der Waals surface area (Å²) in [6, 6.07) is 17.9. The van der Waals surface area contributed by atoms with Crippen LogP contribution in [0.3, 0.4) is 0 Å². The molecule has 0 radical (unpaired) electrons. The molecular formula is C36H56N2Pd. The Bertz CT molecular complexity index is 912. The van der Waals surface area contributed by atoms with Crippen molar-refractivity contribution < 1.29 is 20.4 Å². The number of aryl methyl sites for hydroxylation is 2. The van der Waals surface area contributed by atoms with Crippen LogP contribution in [-0.2, 0) is 33.3 Å². The van der Waals surface area contributed by atoms with Gasteiger partial charge in [0.2, 0.25) is 0 Å². The van der Waals surface area contributed by atoms with E-state index in [1.54, 1.807) is 0 Å². The molecule has 2 rings (SSSR count). The molecule has 0 atom stereocenters. The van der Waals surface area contributed by atoms with E-state index in [4.69, 9.17) is 9.98 Å². The van der Waals surface area contributed by atoms with Gasteiger partial charge in [-0.1, -0.05) is 123 Å². The zero-order chi connectivity index (χ0) is 27.3. The molecule has 0 aliphatic heterocycles. The topological polar surface area (TPSA) is 24.7 Å². The molecule has 3 heteroatoms. The summed E-state index contributed by atoms with van der Waals surface area (Å²) in [6.07, 6.45) is 22.7. The minimum Gasteiger partial charge on any atom is -0.252 e. The summed E-state index contributed by atoms with van der Waals surface area (Å²) in [7, 11) is 0. The Labute approximate surface area is 255 Å². The first-order chi connectivity index (χ1) is 18.7. The molecule has 0 aromatic heterocycles. The average Bonchev–Trinajstić information content (AvgIpc) is 2.95. The number of unbranched alkanes of at least 4 members (excludes halogenated alkanes) is 11. The van der Waals surface area contributed by atoms with Gasteiger partial charge in [0.15, 0.2) is 0 Å². The molecule has 2 nitrogen and oxygen atoms in total. The molecule has 0 bridgehead atoms. The third kappa shape index (κ3) is 15.7. The molecule has 220 valence electrons. The fraction of sp³-hybridized carbons (Fsp3) is 0.611. The molecule has 0 aliphatic rings. The van der Waals surface area contributed by atoms with Crippen LogP contribution in [0.1, 0.15) is 142 Å². The Kier molecular flexibility index (Phi) is 21.1. The van der Waals surface area contributed by atoms with Crippen molar-refractivity contribution in [1.29, 1.82) is 0 Å². The van der Waals surface area contributed by atoms with Crippen molar-refractivity contribution in [2.45, 2.75) is 143 Å². The molecule has 0 spiro atoms. The van der Waals surface area contributed by atoms with Crippen LogP contribution in [0, 0.1) is 0 Å². The monoisotopic (exact) mass is 622 g/mol. The number of aliphatic imine (C=N–C) groups is 2. The first-order valence-corrected chi connectivity index (χ1v) is 16.0. The van der Waals surface area contributed by atoms with Crippen LogP contribution in [0.5, 0.6) is 0 Å². The molecule has 0 saturated heterocycles. The molecule has 2 aromatic carbocycles. The van der Waals surface area contributed by atoms with Gasteiger partial charge in [0.05, 0.1) is 22.8 Å². The van der Waals surface area contributed by atoms with Gasteiger partial charge in [0.25, 0.3) is 0 Å². The number of rotatable bonds is 21. The smallest absolute Gasteiger partial charge is 0.0633 e. The molecule has 0 aliphatic carbocycles. The predicted molar refractivity (Wildman–Crippen MR) is 171 cm³/mol. The average molecular weight is 623 g/mol. The van der Waals surface area contributed by atoms with Gasteiger partial charge in [-0.25, -0.2) is 0 Å². The zero-order valence-electron chi connectivity index (χ0n) is 25.6. The van der Waals surface area contributed by atoms with Crippen molar-refractivity contribution in [3.8, 4) is 0 Å². The summed E-state index contributed by atoms with van der Waals surface area (Å²) in [5.41, 5.74) is 7.23. The molecule has 2 aromatic rings. The predicted octanol–water partition coefficient (Wildman–Crippen LogP) is 11.9. The summed E-state index contributed by atoms with van der Waals surface area (Å²) < 4.78 is 0. The fourth-order valence-electron chi connectivity index (χ4n) is 4.96. The van der Waals surface area contributed by atoms with Gasteiger partial charge in [0, 0.05) is 20.4 Å². The van der Waals surface area contributed by atoms with E-state index >= 15 is 0 Å². The maximum atomic E-state index is 5.11. The van der Waals surface area contributed by atoms with E-state index < -0.39 is 0 Å². The van der Waals surface area contributed by atoms with Crippen molar-refractivity contribution in [1.82, 2.24) is 0 Å². The molecule has 0 saturated carbocycles. The minimum atomic E-state index is 0. The Balaban J connectivity index is 0.00000760. The Morgan fingerprint density at radius 2 is 0.846 bits per heavy atom. The summed E-state index contributed by atoms with van der Waals surface area (Å²) in [4.78, 5) is 10.2. The van der Waals surface area contributed by atoms with E-state index in [1.807, 2.05) is 0 Å². The Hall–Kier alpha value is -1.56. The van der Waals surface area contributed by atoms with E-state index in [-0.39, 0.29) is 20.4 Å². The van der Waals surface area contributed by atoms with Crippen molar-refractivity contribution >= 4 is 22.8 Å². The summed E-state index contributed by atoms with van der Waals surface area (Å²) >= 11 is 0. The summed E-state index contributed by atoms with van der Waals surface area (Å²) in [5, 5.41) is 0. The maximum absolute atomic E-state index is 5.11. The van der Waals surface area contributed by atoms with E-state index in [0.29, 0.717) is 0 Å². The molecular weight excluding hydrogens is 567 g/mol. The van der Waals surface area contributed by atoms with Gasteiger partial charge in [-0.15, -0.1) is 0 Å². The quantitative estimate of drug-likeness (QED) is 0.0751. The Morgan fingerprint density at radius 3 is 1.26 bits per heavy atom. The molecule has 0 N–H and O–H groups in total. The van der Waals surface area contributed by atoms with Gasteiger partial charge >= 0.3 is 0 Å². The van der Waals surface area contributed by atoms with E-state index in [0.717, 1.165) is 42.1 Å². The zero-order valence-corrected chi connectivity index (χ0v) is 27.1. The summed E-state index contributed by atoms with van der Waals surface area (Å²) in [6.45, 7) is 9.01. The second-order valence-electron chi connectivity index (χ2n) is 10.9. The second kappa shape index (κ2) is 23.2. The van der Waals surface area contributed by atoms with Gasteiger partial charge in [-0.2, -0.15) is 0 Å². The number of nitrogens with zero attached hydrogens (tertiary/aromatic N) is 2. The largest absolute Gasteiger partial charge is 0.252 e. The molecule has 0 unspecified atom stereocenters. The second-order valence-corrected chi connectivity index (χ2v) is 10.9. The normalized spacial score (nSPS) is 12.0. The first kappa shape index (κ1) is 35.5. The van der Waals surface area contributed by atoms with E-state index in [1.165, 1.54) is 107 Å². The summed E-state index contributed by atoms with van der Waals surface area (Å²) in [5.74, 6) is 0. The van der Waals surface area contributed by atoms with Crippen LogP contribution in [0.15, 0.2) is 58.5 Å². The van der Waals surface area contributed by atoms with Gasteiger partial charge in [0.1, 0.15) is 0 Å². The molecule has 0 amide bonds. The van der Waals surface area contributed by atoms with Gasteiger partial charge in [-0.05, 0) is 80.3 Å². The van der Waals surface area contributed by atoms with Gasteiger partial charge in [-0.3, -0.25) is 9.98 Å². The molecule has 0 fully saturated rings. The van der Waals surface area contributed by atoms with Crippen LogP contribution in [0.2, 0.25) is 0 Å². The molecule has 39 heavy (non-hydrogen) atoms. The van der Waals surface area contributed by atoms with Gasteiger partial charge < -0.3 is 0 Å². The van der Waals surface area contributed by atoms with E-state index in [9.17, 15) is 0 Å². The first-order valence-electron chi connectivity index (χ1n) is 16.0. The van der Waals surface area contributed by atoms with Crippen molar-refractivity contribution in [3.63, 3.8) is 0 Å². The Morgan fingerprint density at radius 1 is 0.462 bits per heavy atom. The van der Waals surface area contributed by atoms with Crippen LogP contribution in [0.4, 0.5) is 11.4 Å². The van der Waals surface area contributed by atoms with Crippen LogP contribution in [0.25, 0.3) is 0 Å².